The number of hydrogen-bond acceptors (Lipinski definition) is 4. The Labute approximate surface area is 182 Å². The molecule has 7 nitrogen and oxygen atoms in total. The number of aromatic nitrogens is 1. The molecule has 0 unspecified atom stereocenters. The molecule has 3 aromatic rings. The molecule has 9 heteroatoms. The van der Waals surface area contributed by atoms with Crippen LogP contribution < -0.4 is 16.2 Å². The van der Waals surface area contributed by atoms with Gasteiger partial charge < -0.3 is 20.3 Å². The molecule has 0 aliphatic carbocycles. The normalized spacial score (nSPS) is 11.5. The van der Waals surface area contributed by atoms with Crippen molar-refractivity contribution in [3.05, 3.63) is 94.2 Å². The summed E-state index contributed by atoms with van der Waals surface area (Å²) in [4.78, 5) is 37.1. The lowest BCUT2D eigenvalue weighted by Gasteiger charge is -2.18. The molecule has 0 aliphatic heterocycles. The Morgan fingerprint density at radius 1 is 1.10 bits per heavy atom. The topological polar surface area (TPSA) is 100 Å². The molecule has 31 heavy (non-hydrogen) atoms. The minimum absolute atomic E-state index is 0.0185. The van der Waals surface area contributed by atoms with Crippen molar-refractivity contribution in [1.82, 2.24) is 9.88 Å². The van der Waals surface area contributed by atoms with Gasteiger partial charge in [-0.05, 0) is 41.5 Å². The number of aliphatic carboxylic acids is 1. The summed E-state index contributed by atoms with van der Waals surface area (Å²) >= 11 is 4.38. The van der Waals surface area contributed by atoms with Crippen LogP contribution >= 0.6 is 12.6 Å². The molecule has 2 aromatic carbocycles. The average Bonchev–Trinajstić information content (AvgIpc) is 2.72. The highest BCUT2D eigenvalue weighted by Gasteiger charge is 2.19. The van der Waals surface area contributed by atoms with Gasteiger partial charge in [-0.25, -0.2) is 9.18 Å². The number of thiol groups is 1. The maximum atomic E-state index is 13.5. The number of nitrogens with one attached hydrogen (secondary N) is 2. The summed E-state index contributed by atoms with van der Waals surface area (Å²) in [6.45, 7) is 0.264. The molecule has 0 saturated carbocycles. The third kappa shape index (κ3) is 5.95. The first-order chi connectivity index (χ1) is 14.8. The molecule has 1 heterocycles. The molecule has 0 saturated heterocycles. The van der Waals surface area contributed by atoms with Gasteiger partial charge in [0.05, 0.1) is 19.0 Å². The molecule has 160 valence electrons. The fraction of sp³-hybridized carbons (Fsp3) is 0.136. The molecule has 0 aliphatic rings. The van der Waals surface area contributed by atoms with Crippen LogP contribution in [0, 0.1) is 5.82 Å². The van der Waals surface area contributed by atoms with Crippen LogP contribution in [0.25, 0.3) is 0 Å². The third-order valence-electron chi connectivity index (χ3n) is 4.54. The van der Waals surface area contributed by atoms with E-state index in [0.29, 0.717) is 5.56 Å². The van der Waals surface area contributed by atoms with Gasteiger partial charge in [0, 0.05) is 11.1 Å². The van der Waals surface area contributed by atoms with E-state index < -0.39 is 35.8 Å². The summed E-state index contributed by atoms with van der Waals surface area (Å²) < 4.78 is 15.0. The van der Waals surface area contributed by atoms with Crippen LogP contribution in [0.2, 0.25) is 0 Å². The van der Waals surface area contributed by atoms with Gasteiger partial charge in [0.1, 0.15) is 11.5 Å². The summed E-state index contributed by atoms with van der Waals surface area (Å²) in [5.41, 5.74) is 0.718. The monoisotopic (exact) mass is 441 g/mol. The Hall–Kier alpha value is -3.59. The van der Waals surface area contributed by atoms with E-state index in [4.69, 9.17) is 5.11 Å². The first-order valence-corrected chi connectivity index (χ1v) is 9.79. The third-order valence-corrected chi connectivity index (χ3v) is 4.97. The molecular weight excluding hydrogens is 421 g/mol. The van der Waals surface area contributed by atoms with Crippen LogP contribution in [0.15, 0.2) is 76.6 Å². The van der Waals surface area contributed by atoms with Crippen molar-refractivity contribution in [2.24, 2.45) is 0 Å². The highest BCUT2D eigenvalue weighted by atomic mass is 32.1. The predicted octanol–water partition coefficient (Wildman–Crippen LogP) is 3.66. The average molecular weight is 441 g/mol. The van der Waals surface area contributed by atoms with Crippen molar-refractivity contribution in [3.63, 3.8) is 0 Å². The number of carboxylic acid groups (broad SMARTS) is 1. The van der Waals surface area contributed by atoms with Crippen molar-refractivity contribution in [2.75, 3.05) is 5.32 Å². The van der Waals surface area contributed by atoms with Crippen molar-refractivity contribution in [3.8, 4) is 0 Å². The van der Waals surface area contributed by atoms with Crippen molar-refractivity contribution < 1.29 is 19.1 Å². The van der Waals surface area contributed by atoms with E-state index >= 15 is 0 Å². The first-order valence-electron chi connectivity index (χ1n) is 9.34. The van der Waals surface area contributed by atoms with Crippen LogP contribution in [-0.2, 0) is 11.3 Å². The molecule has 1 aromatic heterocycles. The van der Waals surface area contributed by atoms with Gasteiger partial charge >= 0.3 is 12.0 Å². The van der Waals surface area contributed by atoms with Gasteiger partial charge in [-0.2, -0.15) is 0 Å². The van der Waals surface area contributed by atoms with Crippen LogP contribution in [0.4, 0.5) is 14.9 Å². The van der Waals surface area contributed by atoms with E-state index in [0.717, 1.165) is 16.5 Å². The number of urea groups is 1. The Morgan fingerprint density at radius 3 is 2.58 bits per heavy atom. The van der Waals surface area contributed by atoms with Gasteiger partial charge in [-0.3, -0.25) is 9.59 Å². The molecular formula is C22H20FN3O4S. The summed E-state index contributed by atoms with van der Waals surface area (Å²) in [6.07, 6.45) is 1.14. The van der Waals surface area contributed by atoms with Gasteiger partial charge in [-0.15, -0.1) is 12.6 Å². The zero-order chi connectivity index (χ0) is 22.4. The number of carboxylic acids is 1. The van der Waals surface area contributed by atoms with Crippen LogP contribution in [0.3, 0.4) is 0 Å². The first kappa shape index (κ1) is 22.1. The minimum atomic E-state index is -1.16. The summed E-state index contributed by atoms with van der Waals surface area (Å²) in [6, 6.07) is 13.9. The lowest BCUT2D eigenvalue weighted by molar-refractivity contribution is -0.137. The number of carbonyl (C=O) groups excluding carboxylic acids is 1. The highest BCUT2D eigenvalue weighted by Crippen LogP contribution is 2.18. The maximum Gasteiger partial charge on any atom is 0.319 e. The number of carbonyl (C=O) groups is 2. The fourth-order valence-corrected chi connectivity index (χ4v) is 3.28. The van der Waals surface area contributed by atoms with E-state index in [2.05, 4.69) is 23.3 Å². The number of anilines is 1. The molecule has 0 spiro atoms. The number of hydrogen-bond donors (Lipinski definition) is 4. The van der Waals surface area contributed by atoms with Crippen LogP contribution in [0.5, 0.6) is 0 Å². The number of benzene rings is 2. The van der Waals surface area contributed by atoms with E-state index in [1.54, 1.807) is 12.3 Å². The Morgan fingerprint density at radius 2 is 1.87 bits per heavy atom. The minimum Gasteiger partial charge on any atom is -0.481 e. The number of rotatable bonds is 7. The van der Waals surface area contributed by atoms with E-state index in [9.17, 15) is 18.8 Å². The van der Waals surface area contributed by atoms with Gasteiger partial charge in [0.25, 0.3) is 5.56 Å². The number of halogens is 1. The number of amides is 2. The largest absolute Gasteiger partial charge is 0.481 e. The fourth-order valence-electron chi connectivity index (χ4n) is 3.05. The SMILES string of the molecule is O=C(O)C[C@H](NC(=O)Nc1cccn(Cc2ccccc2S)c1=O)c1cccc(F)c1. The van der Waals surface area contributed by atoms with Crippen molar-refractivity contribution in [1.29, 1.82) is 0 Å². The zero-order valence-corrected chi connectivity index (χ0v) is 17.2. The van der Waals surface area contributed by atoms with E-state index in [1.807, 2.05) is 24.3 Å². The second kappa shape index (κ2) is 9.94. The Kier molecular flexibility index (Phi) is 7.09. The van der Waals surface area contributed by atoms with Gasteiger partial charge in [-0.1, -0.05) is 30.3 Å². The van der Waals surface area contributed by atoms with E-state index in [-0.39, 0.29) is 12.2 Å². The van der Waals surface area contributed by atoms with Crippen molar-refractivity contribution in [2.45, 2.75) is 23.9 Å². The highest BCUT2D eigenvalue weighted by molar-refractivity contribution is 7.80. The van der Waals surface area contributed by atoms with Crippen molar-refractivity contribution >= 4 is 30.3 Å². The number of nitrogens with zero attached hydrogens (tertiary/aromatic N) is 1. The van der Waals surface area contributed by atoms with Crippen LogP contribution in [-0.4, -0.2) is 21.7 Å². The van der Waals surface area contributed by atoms with Crippen LogP contribution in [0.1, 0.15) is 23.6 Å². The molecule has 2 amide bonds. The second-order valence-electron chi connectivity index (χ2n) is 6.79. The lowest BCUT2D eigenvalue weighted by atomic mass is 10.0. The van der Waals surface area contributed by atoms with Gasteiger partial charge in [0.15, 0.2) is 0 Å². The molecule has 0 fully saturated rings. The predicted molar refractivity (Wildman–Crippen MR) is 117 cm³/mol. The smallest absolute Gasteiger partial charge is 0.319 e. The molecule has 3 N–H and O–H groups in total. The summed E-state index contributed by atoms with van der Waals surface area (Å²) in [7, 11) is 0. The van der Waals surface area contributed by atoms with Gasteiger partial charge in [0.2, 0.25) is 0 Å². The molecule has 0 radical (unpaired) electrons. The summed E-state index contributed by atoms with van der Waals surface area (Å²) in [5, 5.41) is 14.1. The standard InChI is InChI=1S/C22H20FN3O4S/c23-16-7-3-6-14(11-16)18(12-20(27)28)25-22(30)24-17-8-4-10-26(21(17)29)13-15-5-1-2-9-19(15)31/h1-11,18,31H,12-13H2,(H,27,28)(H2,24,25,30)/t18-/m0/s1. The quantitative estimate of drug-likeness (QED) is 0.421. The Bertz CT molecular complexity index is 1170. The maximum absolute atomic E-state index is 13.5. The molecule has 0 bridgehead atoms. The Balaban J connectivity index is 1.77. The molecule has 1 atom stereocenters. The summed E-state index contributed by atoms with van der Waals surface area (Å²) in [5.74, 6) is -1.72. The van der Waals surface area contributed by atoms with E-state index in [1.165, 1.54) is 28.8 Å². The number of pyridine rings is 1. The lowest BCUT2D eigenvalue weighted by Crippen LogP contribution is -2.36. The molecule has 3 rings (SSSR count). The zero-order valence-electron chi connectivity index (χ0n) is 16.3. The second-order valence-corrected chi connectivity index (χ2v) is 7.27.